The molecule has 0 fully saturated rings. The van der Waals surface area contributed by atoms with E-state index in [9.17, 15) is 26.4 Å². The Bertz CT molecular complexity index is 1300. The van der Waals surface area contributed by atoms with E-state index in [1.54, 1.807) is 13.0 Å². The topological polar surface area (TPSA) is 93.5 Å². The van der Waals surface area contributed by atoms with Crippen molar-refractivity contribution in [3.63, 3.8) is 0 Å². The Morgan fingerprint density at radius 1 is 1.15 bits per heavy atom. The molecule has 176 valence electrons. The van der Waals surface area contributed by atoms with Gasteiger partial charge in [0.1, 0.15) is 0 Å². The summed E-state index contributed by atoms with van der Waals surface area (Å²) in [6.07, 6.45) is -3.26. The van der Waals surface area contributed by atoms with Gasteiger partial charge in [0.05, 0.1) is 29.5 Å². The van der Waals surface area contributed by atoms with Gasteiger partial charge in [0, 0.05) is 19.8 Å². The minimum Gasteiger partial charge on any atom is -0.493 e. The molecule has 0 saturated carbocycles. The van der Waals surface area contributed by atoms with Gasteiger partial charge in [-0.15, -0.1) is 0 Å². The molecular formula is C21H21F3N4O4S. The largest absolute Gasteiger partial charge is 0.493 e. The van der Waals surface area contributed by atoms with Gasteiger partial charge in [-0.25, -0.2) is 17.4 Å². The molecule has 8 nitrogen and oxygen atoms in total. The molecule has 3 rings (SSSR count). The van der Waals surface area contributed by atoms with Crippen LogP contribution in [0.2, 0.25) is 0 Å². The highest BCUT2D eigenvalue weighted by Crippen LogP contribution is 2.31. The summed E-state index contributed by atoms with van der Waals surface area (Å²) in [7, 11) is 0.332. The number of aryl methyl sites for hydroxylation is 1. The van der Waals surface area contributed by atoms with E-state index in [0.29, 0.717) is 5.56 Å². The normalized spacial score (nSPS) is 12.1. The smallest absolute Gasteiger partial charge is 0.416 e. The van der Waals surface area contributed by atoms with Gasteiger partial charge in [0.25, 0.3) is 5.91 Å². The van der Waals surface area contributed by atoms with E-state index in [-0.39, 0.29) is 27.7 Å². The minimum absolute atomic E-state index is 0.0201. The SMILES string of the molecule is COc1cn(-c2cccc(C(F)(F)F)c2)nc1C(=O)Nc1ccc(C)c(S(=O)(=O)N(C)C)c1. The first-order valence-electron chi connectivity index (χ1n) is 9.50. The fourth-order valence-corrected chi connectivity index (χ4v) is 4.11. The molecule has 2 aromatic carbocycles. The first-order chi connectivity index (χ1) is 15.3. The number of alkyl halides is 3. The van der Waals surface area contributed by atoms with Crippen LogP contribution in [0.25, 0.3) is 5.69 Å². The van der Waals surface area contributed by atoms with Crippen LogP contribution in [0.15, 0.2) is 53.6 Å². The lowest BCUT2D eigenvalue weighted by Gasteiger charge is -2.15. The number of nitrogens with zero attached hydrogens (tertiary/aromatic N) is 3. The maximum Gasteiger partial charge on any atom is 0.416 e. The lowest BCUT2D eigenvalue weighted by molar-refractivity contribution is -0.137. The van der Waals surface area contributed by atoms with E-state index in [2.05, 4.69) is 10.4 Å². The quantitative estimate of drug-likeness (QED) is 0.578. The zero-order chi connectivity index (χ0) is 24.6. The Hall–Kier alpha value is -3.38. The first kappa shape index (κ1) is 24.3. The molecule has 0 aliphatic heterocycles. The standard InChI is InChI=1S/C21H21F3N4O4S/c1-13-8-9-15(11-18(13)33(30,31)27(2)3)25-20(29)19-17(32-4)12-28(26-19)16-7-5-6-14(10-16)21(22,23)24/h5-12H,1-4H3,(H,25,29). The molecular weight excluding hydrogens is 461 g/mol. The van der Waals surface area contributed by atoms with Gasteiger partial charge in [-0.1, -0.05) is 12.1 Å². The van der Waals surface area contributed by atoms with Gasteiger partial charge in [0.2, 0.25) is 10.0 Å². The average molecular weight is 482 g/mol. The summed E-state index contributed by atoms with van der Waals surface area (Å²) in [4.78, 5) is 12.9. The number of carbonyl (C=O) groups is 1. The van der Waals surface area contributed by atoms with E-state index in [4.69, 9.17) is 4.74 Å². The zero-order valence-electron chi connectivity index (χ0n) is 18.1. The number of aromatic nitrogens is 2. The maximum atomic E-state index is 13.0. The molecule has 0 aliphatic rings. The Kier molecular flexibility index (Phi) is 6.52. The van der Waals surface area contributed by atoms with E-state index >= 15 is 0 Å². The van der Waals surface area contributed by atoms with Crippen molar-refractivity contribution in [3.8, 4) is 11.4 Å². The summed E-state index contributed by atoms with van der Waals surface area (Å²) in [6.45, 7) is 1.63. The molecule has 0 aliphatic carbocycles. The summed E-state index contributed by atoms with van der Waals surface area (Å²) < 4.78 is 71.5. The molecule has 0 atom stereocenters. The van der Waals surface area contributed by atoms with Crippen molar-refractivity contribution in [2.45, 2.75) is 18.0 Å². The number of sulfonamides is 1. The van der Waals surface area contributed by atoms with Crippen molar-refractivity contribution in [2.24, 2.45) is 0 Å². The maximum absolute atomic E-state index is 13.0. The van der Waals surface area contributed by atoms with Crippen LogP contribution in [0.4, 0.5) is 18.9 Å². The third-order valence-corrected chi connectivity index (χ3v) is 6.72. The zero-order valence-corrected chi connectivity index (χ0v) is 19.0. The fourth-order valence-electron chi connectivity index (χ4n) is 2.96. The van der Waals surface area contributed by atoms with Crippen molar-refractivity contribution in [2.75, 3.05) is 26.5 Å². The number of hydrogen-bond donors (Lipinski definition) is 1. The van der Waals surface area contributed by atoms with Gasteiger partial charge < -0.3 is 10.1 Å². The molecule has 3 aromatic rings. The highest BCUT2D eigenvalue weighted by atomic mass is 32.2. The molecule has 0 unspecified atom stereocenters. The number of anilines is 1. The number of benzene rings is 2. The summed E-state index contributed by atoms with van der Waals surface area (Å²) in [5, 5.41) is 6.63. The Labute approximate surface area is 188 Å². The van der Waals surface area contributed by atoms with E-state index in [1.807, 2.05) is 0 Å². The average Bonchev–Trinajstić information content (AvgIpc) is 3.19. The summed E-state index contributed by atoms with van der Waals surface area (Å²) in [5.74, 6) is -0.701. The number of nitrogens with one attached hydrogen (secondary N) is 1. The first-order valence-corrected chi connectivity index (χ1v) is 10.9. The summed E-state index contributed by atoms with van der Waals surface area (Å²) in [5.41, 5.74) is -0.283. The number of ether oxygens (including phenoxy) is 1. The monoisotopic (exact) mass is 482 g/mol. The number of hydrogen-bond acceptors (Lipinski definition) is 5. The highest BCUT2D eigenvalue weighted by Gasteiger charge is 2.31. The third kappa shape index (κ3) is 5.01. The lowest BCUT2D eigenvalue weighted by atomic mass is 10.2. The molecule has 0 spiro atoms. The summed E-state index contributed by atoms with van der Waals surface area (Å²) >= 11 is 0. The van der Waals surface area contributed by atoms with Crippen molar-refractivity contribution < 1.29 is 31.1 Å². The predicted octanol–water partition coefficient (Wildman–Crippen LogP) is 3.71. The molecule has 0 saturated heterocycles. The van der Waals surface area contributed by atoms with E-state index < -0.39 is 27.7 Å². The molecule has 12 heteroatoms. The third-order valence-electron chi connectivity index (χ3n) is 4.76. The number of rotatable bonds is 6. The van der Waals surface area contributed by atoms with Gasteiger partial charge in [0.15, 0.2) is 11.4 Å². The molecule has 1 amide bonds. The van der Waals surface area contributed by atoms with Crippen LogP contribution in [-0.4, -0.2) is 49.6 Å². The van der Waals surface area contributed by atoms with Crippen molar-refractivity contribution in [1.82, 2.24) is 14.1 Å². The predicted molar refractivity (Wildman–Crippen MR) is 115 cm³/mol. The van der Waals surface area contributed by atoms with Crippen LogP contribution >= 0.6 is 0 Å². The van der Waals surface area contributed by atoms with Gasteiger partial charge in [-0.3, -0.25) is 4.79 Å². The van der Waals surface area contributed by atoms with Crippen LogP contribution in [-0.2, 0) is 16.2 Å². The lowest BCUT2D eigenvalue weighted by Crippen LogP contribution is -2.23. The Morgan fingerprint density at radius 3 is 2.45 bits per heavy atom. The van der Waals surface area contributed by atoms with Crippen LogP contribution < -0.4 is 10.1 Å². The molecule has 1 aromatic heterocycles. The van der Waals surface area contributed by atoms with Gasteiger partial charge in [-0.2, -0.15) is 18.3 Å². The highest BCUT2D eigenvalue weighted by molar-refractivity contribution is 7.89. The van der Waals surface area contributed by atoms with Gasteiger partial charge >= 0.3 is 6.18 Å². The van der Waals surface area contributed by atoms with E-state index in [1.165, 1.54) is 51.7 Å². The number of carbonyl (C=O) groups excluding carboxylic acids is 1. The van der Waals surface area contributed by atoms with Crippen LogP contribution in [0.5, 0.6) is 5.75 Å². The second kappa shape index (κ2) is 8.87. The second-order valence-electron chi connectivity index (χ2n) is 7.26. The second-order valence-corrected chi connectivity index (χ2v) is 9.38. The van der Waals surface area contributed by atoms with Crippen molar-refractivity contribution in [1.29, 1.82) is 0 Å². The van der Waals surface area contributed by atoms with Crippen LogP contribution in [0, 0.1) is 6.92 Å². The van der Waals surface area contributed by atoms with E-state index in [0.717, 1.165) is 21.1 Å². The fraction of sp³-hybridized carbons (Fsp3) is 0.238. The number of amides is 1. The Balaban J connectivity index is 1.94. The van der Waals surface area contributed by atoms with Crippen molar-refractivity contribution in [3.05, 3.63) is 65.5 Å². The molecule has 1 N–H and O–H groups in total. The molecule has 0 radical (unpaired) electrons. The van der Waals surface area contributed by atoms with Crippen LogP contribution in [0.3, 0.4) is 0 Å². The van der Waals surface area contributed by atoms with Crippen LogP contribution in [0.1, 0.15) is 21.6 Å². The summed E-state index contributed by atoms with van der Waals surface area (Å²) in [6, 6.07) is 8.84. The molecule has 1 heterocycles. The minimum atomic E-state index is -4.54. The number of halogens is 3. The van der Waals surface area contributed by atoms with Crippen molar-refractivity contribution >= 4 is 21.6 Å². The molecule has 0 bridgehead atoms. The Morgan fingerprint density at radius 2 is 1.85 bits per heavy atom. The van der Waals surface area contributed by atoms with Gasteiger partial charge in [-0.05, 0) is 42.8 Å². The molecule has 33 heavy (non-hydrogen) atoms. The number of methoxy groups -OCH3 is 1.